The number of ether oxygens (including phenoxy) is 2. The van der Waals surface area contributed by atoms with Gasteiger partial charge in [-0.3, -0.25) is 4.18 Å². The maximum atomic E-state index is 11.0. The lowest BCUT2D eigenvalue weighted by molar-refractivity contribution is -0.0765. The molecule has 3 aromatic carbocycles. The molecule has 0 fully saturated rings. The molecule has 0 aliphatic heterocycles. The van der Waals surface area contributed by atoms with Crippen molar-refractivity contribution in [2.45, 2.75) is 32.3 Å². The average molecular weight is 505 g/mol. The number of rotatable bonds is 11. The third-order valence-corrected chi connectivity index (χ3v) is 5.79. The highest BCUT2D eigenvalue weighted by Crippen LogP contribution is 2.27. The van der Waals surface area contributed by atoms with Crippen LogP contribution in [0.5, 0.6) is 0 Å². The molecule has 3 rings (SSSR count). The van der Waals surface area contributed by atoms with E-state index in [0.29, 0.717) is 11.4 Å². The van der Waals surface area contributed by atoms with Gasteiger partial charge in [0.1, 0.15) is 6.79 Å². The van der Waals surface area contributed by atoms with Gasteiger partial charge in [0, 0.05) is 12.1 Å². The van der Waals surface area contributed by atoms with Crippen LogP contribution in [0.2, 0.25) is 5.02 Å². The first-order valence-corrected chi connectivity index (χ1v) is 13.3. The number of hydrogen-bond donors (Lipinski definition) is 0. The molecule has 7 heteroatoms. The zero-order valence-electron chi connectivity index (χ0n) is 19.9. The average Bonchev–Trinajstić information content (AvgIpc) is 2.82. The second-order valence-electron chi connectivity index (χ2n) is 7.87. The Bertz CT molecular complexity index is 1050. The van der Waals surface area contributed by atoms with Gasteiger partial charge in [-0.1, -0.05) is 83.9 Å². The van der Waals surface area contributed by atoms with Gasteiger partial charge in [0.2, 0.25) is 0 Å². The molecule has 0 saturated heterocycles. The summed E-state index contributed by atoms with van der Waals surface area (Å²) >= 11 is 5.94. The molecular formula is C27H33ClO5S. The van der Waals surface area contributed by atoms with Crippen LogP contribution >= 0.6 is 11.6 Å². The van der Waals surface area contributed by atoms with Gasteiger partial charge in [0.05, 0.1) is 19.0 Å². The van der Waals surface area contributed by atoms with Gasteiger partial charge in [0.25, 0.3) is 10.1 Å². The minimum Gasteiger partial charge on any atom is -0.359 e. The van der Waals surface area contributed by atoms with Crippen LogP contribution in [-0.4, -0.2) is 35.2 Å². The molecule has 1 unspecified atom stereocenters. The Morgan fingerprint density at radius 2 is 1.44 bits per heavy atom. The van der Waals surface area contributed by atoms with Crippen molar-refractivity contribution in [3.63, 3.8) is 0 Å². The van der Waals surface area contributed by atoms with Gasteiger partial charge in [-0.15, -0.1) is 0 Å². The van der Waals surface area contributed by atoms with Crippen LogP contribution in [0.25, 0.3) is 11.1 Å². The van der Waals surface area contributed by atoms with Gasteiger partial charge in [0.15, 0.2) is 0 Å². The normalized spacial score (nSPS) is 12.0. The van der Waals surface area contributed by atoms with Crippen molar-refractivity contribution in [2.75, 3.05) is 26.8 Å². The number of benzene rings is 3. The largest absolute Gasteiger partial charge is 0.359 e. The topological polar surface area (TPSA) is 61.8 Å². The number of aryl methyl sites for hydroxylation is 1. The van der Waals surface area contributed by atoms with E-state index in [4.69, 9.17) is 25.3 Å². The second kappa shape index (κ2) is 14.9. The number of methoxy groups -OCH3 is 1. The first kappa shape index (κ1) is 28.0. The monoisotopic (exact) mass is 504 g/mol. The fraction of sp³-hybridized carbons (Fsp3) is 0.333. The van der Waals surface area contributed by atoms with Gasteiger partial charge < -0.3 is 9.47 Å². The summed E-state index contributed by atoms with van der Waals surface area (Å²) < 4.78 is 37.6. The van der Waals surface area contributed by atoms with Crippen LogP contribution in [0.3, 0.4) is 0 Å². The maximum Gasteiger partial charge on any atom is 0.264 e. The first-order chi connectivity index (χ1) is 16.3. The highest BCUT2D eigenvalue weighted by Gasteiger charge is 2.13. The molecule has 0 bridgehead atoms. The number of unbranched alkanes of at least 4 members (excludes halogenated alkanes) is 1. The maximum absolute atomic E-state index is 11.0. The molecule has 0 amide bonds. The van der Waals surface area contributed by atoms with Gasteiger partial charge >= 0.3 is 0 Å². The SMILES string of the molecule is COCOC(CCCCOS(C)(=O)=O)c1ccc(-c2ccc(Cl)cc2)cc1.Cc1ccccc1. The van der Waals surface area contributed by atoms with E-state index in [1.807, 2.05) is 54.6 Å². The second-order valence-corrected chi connectivity index (χ2v) is 9.95. The van der Waals surface area contributed by atoms with Crippen molar-refractivity contribution in [3.8, 4) is 11.1 Å². The van der Waals surface area contributed by atoms with Crippen LogP contribution in [0.15, 0.2) is 78.9 Å². The summed E-state index contributed by atoms with van der Waals surface area (Å²) in [6.45, 7) is 2.47. The molecule has 0 aromatic heterocycles. The molecule has 1 atom stereocenters. The van der Waals surface area contributed by atoms with E-state index < -0.39 is 10.1 Å². The molecule has 3 aromatic rings. The zero-order chi connectivity index (χ0) is 24.8. The summed E-state index contributed by atoms with van der Waals surface area (Å²) in [4.78, 5) is 0. The fourth-order valence-corrected chi connectivity index (χ4v) is 3.75. The summed E-state index contributed by atoms with van der Waals surface area (Å²) in [5, 5.41) is 0.711. The molecule has 34 heavy (non-hydrogen) atoms. The lowest BCUT2D eigenvalue weighted by Crippen LogP contribution is -2.08. The minimum absolute atomic E-state index is 0.123. The summed E-state index contributed by atoms with van der Waals surface area (Å²) in [6.07, 6.45) is 3.10. The quantitative estimate of drug-likeness (QED) is 0.163. The van der Waals surface area contributed by atoms with Crippen molar-refractivity contribution < 1.29 is 22.1 Å². The number of hydrogen-bond acceptors (Lipinski definition) is 5. The Morgan fingerprint density at radius 3 is 1.94 bits per heavy atom. The first-order valence-electron chi connectivity index (χ1n) is 11.1. The van der Waals surface area contributed by atoms with Crippen LogP contribution in [0, 0.1) is 6.92 Å². The Morgan fingerprint density at radius 1 is 0.853 bits per heavy atom. The molecule has 0 N–H and O–H groups in total. The molecule has 184 valence electrons. The van der Waals surface area contributed by atoms with Crippen LogP contribution in [0.1, 0.15) is 36.5 Å². The molecule has 0 spiro atoms. The Balaban J connectivity index is 0.000000497. The lowest BCUT2D eigenvalue weighted by Gasteiger charge is -2.18. The summed E-state index contributed by atoms with van der Waals surface area (Å²) in [6, 6.07) is 26.1. The zero-order valence-corrected chi connectivity index (χ0v) is 21.5. The molecular weight excluding hydrogens is 472 g/mol. The Hall–Kier alpha value is -2.22. The molecule has 5 nitrogen and oxygen atoms in total. The molecule has 0 radical (unpaired) electrons. The lowest BCUT2D eigenvalue weighted by atomic mass is 9.99. The van der Waals surface area contributed by atoms with E-state index in [0.717, 1.165) is 35.8 Å². The van der Waals surface area contributed by atoms with E-state index >= 15 is 0 Å². The molecule has 0 heterocycles. The van der Waals surface area contributed by atoms with E-state index in [9.17, 15) is 8.42 Å². The molecule has 0 aliphatic rings. The molecule has 0 saturated carbocycles. The van der Waals surface area contributed by atoms with Crippen LogP contribution in [-0.2, 0) is 23.8 Å². The van der Waals surface area contributed by atoms with Gasteiger partial charge in [-0.25, -0.2) is 0 Å². The van der Waals surface area contributed by atoms with Gasteiger partial charge in [-0.05, 0) is 55.0 Å². The van der Waals surface area contributed by atoms with Crippen LogP contribution < -0.4 is 0 Å². The van der Waals surface area contributed by atoms with E-state index in [-0.39, 0.29) is 19.5 Å². The van der Waals surface area contributed by atoms with E-state index in [1.54, 1.807) is 7.11 Å². The predicted molar refractivity (Wildman–Crippen MR) is 138 cm³/mol. The van der Waals surface area contributed by atoms with E-state index in [1.165, 1.54) is 5.56 Å². The van der Waals surface area contributed by atoms with Crippen molar-refractivity contribution in [1.82, 2.24) is 0 Å². The standard InChI is InChI=1S/C20H25ClO5S.C7H8/c1-24-15-25-20(5-3-4-14-26-27(2,22)23)18-8-6-16(7-9-18)17-10-12-19(21)13-11-17;1-7-5-3-2-4-6-7/h6-13,20H,3-5,14-15H2,1-2H3;2-6H,1H3. The van der Waals surface area contributed by atoms with Crippen molar-refractivity contribution in [1.29, 1.82) is 0 Å². The molecule has 0 aliphatic carbocycles. The van der Waals surface area contributed by atoms with Gasteiger partial charge in [-0.2, -0.15) is 8.42 Å². The Labute approximate surface area is 208 Å². The summed E-state index contributed by atoms with van der Waals surface area (Å²) in [5.74, 6) is 0. The summed E-state index contributed by atoms with van der Waals surface area (Å²) in [7, 11) is -1.80. The Kier molecular flexibility index (Phi) is 12.3. The summed E-state index contributed by atoms with van der Waals surface area (Å²) in [5.41, 5.74) is 4.57. The highest BCUT2D eigenvalue weighted by molar-refractivity contribution is 7.85. The minimum atomic E-state index is -3.38. The van der Waals surface area contributed by atoms with Crippen molar-refractivity contribution in [3.05, 3.63) is 95.0 Å². The van der Waals surface area contributed by atoms with Crippen molar-refractivity contribution in [2.24, 2.45) is 0 Å². The van der Waals surface area contributed by atoms with Crippen molar-refractivity contribution >= 4 is 21.7 Å². The predicted octanol–water partition coefficient (Wildman–Crippen LogP) is 6.81. The van der Waals surface area contributed by atoms with E-state index in [2.05, 4.69) is 31.2 Å². The fourth-order valence-electron chi connectivity index (χ4n) is 3.21. The highest BCUT2D eigenvalue weighted by atomic mass is 35.5. The third kappa shape index (κ3) is 11.3. The third-order valence-electron chi connectivity index (χ3n) is 4.95. The van der Waals surface area contributed by atoms with Crippen LogP contribution in [0.4, 0.5) is 0 Å². The number of halogens is 1. The smallest absolute Gasteiger partial charge is 0.264 e.